The minimum atomic E-state index is -0.506. The van der Waals surface area contributed by atoms with E-state index in [4.69, 9.17) is 9.47 Å². The molecule has 2 amide bonds. The molecule has 7 nitrogen and oxygen atoms in total. The number of hydrogen-bond donors (Lipinski definition) is 1. The van der Waals surface area contributed by atoms with Gasteiger partial charge >= 0.3 is 6.09 Å². The monoisotopic (exact) mass is 417 g/mol. The number of carbonyl (C=O) groups excluding carboxylic acids is 2. The molecule has 2 saturated heterocycles. The second kappa shape index (κ2) is 10.3. The number of amides is 2. The van der Waals surface area contributed by atoms with Crippen LogP contribution in [0.5, 0.6) is 0 Å². The van der Waals surface area contributed by atoms with Crippen molar-refractivity contribution in [3.63, 3.8) is 0 Å². The third-order valence-electron chi connectivity index (χ3n) is 5.58. The number of piperidine rings is 1. The molecule has 0 saturated carbocycles. The summed E-state index contributed by atoms with van der Waals surface area (Å²) in [6.45, 7) is 10.7. The van der Waals surface area contributed by atoms with Gasteiger partial charge in [-0.3, -0.25) is 9.69 Å². The standard InChI is InChI=1S/C23H35N3O4/c1-23(2,3)30-22(28)26-11-9-19(10-12-26)21(27)24-20(18-7-5-4-6-8-18)17-25-13-15-29-16-14-25/h4-8,19-20H,9-17H2,1-3H3,(H,24,27)/t20-/m1/s1. The Morgan fingerprint density at radius 2 is 1.73 bits per heavy atom. The number of benzene rings is 1. The highest BCUT2D eigenvalue weighted by molar-refractivity contribution is 5.79. The van der Waals surface area contributed by atoms with Crippen molar-refractivity contribution in [3.05, 3.63) is 35.9 Å². The fraction of sp³-hybridized carbons (Fsp3) is 0.652. The van der Waals surface area contributed by atoms with Gasteiger partial charge in [-0.05, 0) is 39.2 Å². The van der Waals surface area contributed by atoms with E-state index in [0.717, 1.165) is 38.4 Å². The summed E-state index contributed by atoms with van der Waals surface area (Å²) in [4.78, 5) is 29.3. The Hall–Kier alpha value is -2.12. The van der Waals surface area contributed by atoms with Gasteiger partial charge in [-0.1, -0.05) is 30.3 Å². The second-order valence-corrected chi connectivity index (χ2v) is 9.13. The third kappa shape index (κ3) is 6.71. The highest BCUT2D eigenvalue weighted by Gasteiger charge is 2.31. The predicted octanol–water partition coefficient (Wildman–Crippen LogP) is 2.82. The minimum Gasteiger partial charge on any atom is -0.444 e. The van der Waals surface area contributed by atoms with Crippen LogP contribution in [0.2, 0.25) is 0 Å². The number of hydrogen-bond acceptors (Lipinski definition) is 5. The zero-order valence-electron chi connectivity index (χ0n) is 18.4. The van der Waals surface area contributed by atoms with Gasteiger partial charge in [0.1, 0.15) is 5.60 Å². The molecule has 1 N–H and O–H groups in total. The summed E-state index contributed by atoms with van der Waals surface area (Å²) in [5.74, 6) is -0.0134. The Balaban J connectivity index is 1.56. The first kappa shape index (κ1) is 22.6. The molecule has 166 valence electrons. The quantitative estimate of drug-likeness (QED) is 0.798. The molecular weight excluding hydrogens is 382 g/mol. The molecule has 2 aliphatic heterocycles. The molecule has 0 spiro atoms. The van der Waals surface area contributed by atoms with Crippen molar-refractivity contribution in [2.45, 2.75) is 45.3 Å². The summed E-state index contributed by atoms with van der Waals surface area (Å²) in [6, 6.07) is 10.1. The van der Waals surface area contributed by atoms with Gasteiger partial charge in [0.25, 0.3) is 0 Å². The average Bonchev–Trinajstić information content (AvgIpc) is 2.73. The number of morpholine rings is 1. The molecule has 2 fully saturated rings. The first-order valence-electron chi connectivity index (χ1n) is 11.0. The lowest BCUT2D eigenvalue weighted by Gasteiger charge is -2.34. The topological polar surface area (TPSA) is 71.1 Å². The summed E-state index contributed by atoms with van der Waals surface area (Å²) in [5, 5.41) is 3.28. The maximum Gasteiger partial charge on any atom is 0.410 e. The van der Waals surface area contributed by atoms with Crippen LogP contribution in [0.3, 0.4) is 0 Å². The molecule has 1 aromatic carbocycles. The molecule has 0 aromatic heterocycles. The lowest BCUT2D eigenvalue weighted by Crippen LogP contribution is -2.47. The molecule has 3 rings (SSSR count). The molecule has 2 heterocycles. The average molecular weight is 418 g/mol. The van der Waals surface area contributed by atoms with Gasteiger partial charge in [0, 0.05) is 38.6 Å². The number of nitrogens with one attached hydrogen (secondary N) is 1. The first-order valence-corrected chi connectivity index (χ1v) is 11.0. The predicted molar refractivity (Wildman–Crippen MR) is 115 cm³/mol. The van der Waals surface area contributed by atoms with Crippen LogP contribution in [0, 0.1) is 5.92 Å². The number of nitrogens with zero attached hydrogens (tertiary/aromatic N) is 2. The van der Waals surface area contributed by atoms with Crippen molar-refractivity contribution in [3.8, 4) is 0 Å². The Morgan fingerprint density at radius 3 is 2.33 bits per heavy atom. The maximum absolute atomic E-state index is 13.0. The van der Waals surface area contributed by atoms with E-state index in [-0.39, 0.29) is 24.0 Å². The third-order valence-corrected chi connectivity index (χ3v) is 5.58. The molecule has 2 aliphatic rings. The lowest BCUT2D eigenvalue weighted by molar-refractivity contribution is -0.127. The van der Waals surface area contributed by atoms with Gasteiger partial charge in [-0.15, -0.1) is 0 Å². The van der Waals surface area contributed by atoms with Crippen molar-refractivity contribution in [2.75, 3.05) is 45.9 Å². The van der Waals surface area contributed by atoms with Gasteiger partial charge in [-0.25, -0.2) is 4.79 Å². The van der Waals surface area contributed by atoms with Crippen molar-refractivity contribution in [2.24, 2.45) is 5.92 Å². The van der Waals surface area contributed by atoms with Crippen LogP contribution in [0.1, 0.15) is 45.2 Å². The number of likely N-dealkylation sites (tertiary alicyclic amines) is 1. The van der Waals surface area contributed by atoms with E-state index < -0.39 is 5.60 Å². The number of ether oxygens (including phenoxy) is 2. The summed E-state index contributed by atoms with van der Waals surface area (Å²) in [7, 11) is 0. The van der Waals surface area contributed by atoms with Crippen molar-refractivity contribution < 1.29 is 19.1 Å². The fourth-order valence-corrected chi connectivity index (χ4v) is 3.90. The zero-order valence-corrected chi connectivity index (χ0v) is 18.4. The van der Waals surface area contributed by atoms with Crippen LogP contribution in [-0.4, -0.2) is 73.3 Å². The SMILES string of the molecule is CC(C)(C)OC(=O)N1CCC(C(=O)N[C@H](CN2CCOCC2)c2ccccc2)CC1. The van der Waals surface area contributed by atoms with E-state index >= 15 is 0 Å². The van der Waals surface area contributed by atoms with Crippen molar-refractivity contribution in [1.29, 1.82) is 0 Å². The summed E-state index contributed by atoms with van der Waals surface area (Å²) in [6.07, 6.45) is 1.02. The van der Waals surface area contributed by atoms with Gasteiger partial charge in [0.2, 0.25) is 5.91 Å². The smallest absolute Gasteiger partial charge is 0.410 e. The molecule has 0 bridgehead atoms. The largest absolute Gasteiger partial charge is 0.444 e. The molecule has 30 heavy (non-hydrogen) atoms. The molecule has 0 radical (unpaired) electrons. The minimum absolute atomic E-state index is 0.0549. The molecule has 0 unspecified atom stereocenters. The Labute approximate surface area is 179 Å². The highest BCUT2D eigenvalue weighted by atomic mass is 16.6. The molecule has 1 atom stereocenters. The first-order chi connectivity index (χ1) is 14.3. The second-order valence-electron chi connectivity index (χ2n) is 9.13. The van der Waals surface area contributed by atoms with Crippen LogP contribution < -0.4 is 5.32 Å². The van der Waals surface area contributed by atoms with E-state index in [1.54, 1.807) is 4.90 Å². The van der Waals surface area contributed by atoms with Gasteiger partial charge in [-0.2, -0.15) is 0 Å². The van der Waals surface area contributed by atoms with Gasteiger partial charge in [0.05, 0.1) is 19.3 Å². The lowest BCUT2D eigenvalue weighted by atomic mass is 9.95. The van der Waals surface area contributed by atoms with E-state index in [1.807, 2.05) is 39.0 Å². The number of carbonyl (C=O) groups is 2. The molecule has 7 heteroatoms. The van der Waals surface area contributed by atoms with Gasteiger partial charge in [0.15, 0.2) is 0 Å². The van der Waals surface area contributed by atoms with Crippen molar-refractivity contribution >= 4 is 12.0 Å². The fourth-order valence-electron chi connectivity index (χ4n) is 3.90. The van der Waals surface area contributed by atoms with Crippen LogP contribution in [0.25, 0.3) is 0 Å². The maximum atomic E-state index is 13.0. The highest BCUT2D eigenvalue weighted by Crippen LogP contribution is 2.22. The van der Waals surface area contributed by atoms with Gasteiger partial charge < -0.3 is 19.7 Å². The summed E-state index contributed by atoms with van der Waals surface area (Å²) in [5.41, 5.74) is 0.608. The molecule has 1 aromatic rings. The van der Waals surface area contributed by atoms with Crippen molar-refractivity contribution in [1.82, 2.24) is 15.1 Å². The van der Waals surface area contributed by atoms with Crippen LogP contribution in [0.4, 0.5) is 4.79 Å². The molecule has 0 aliphatic carbocycles. The van der Waals surface area contributed by atoms with E-state index in [9.17, 15) is 9.59 Å². The summed E-state index contributed by atoms with van der Waals surface area (Å²) >= 11 is 0. The zero-order chi connectivity index (χ0) is 21.6. The number of rotatable bonds is 5. The Morgan fingerprint density at radius 1 is 1.10 bits per heavy atom. The normalized spacial score (nSPS) is 19.9. The van der Waals surface area contributed by atoms with Crippen LogP contribution in [0.15, 0.2) is 30.3 Å². The van der Waals surface area contributed by atoms with E-state index in [2.05, 4.69) is 22.3 Å². The van der Waals surface area contributed by atoms with E-state index in [0.29, 0.717) is 25.9 Å². The van der Waals surface area contributed by atoms with Crippen LogP contribution >= 0.6 is 0 Å². The van der Waals surface area contributed by atoms with Crippen LogP contribution in [-0.2, 0) is 14.3 Å². The Bertz CT molecular complexity index is 690. The van der Waals surface area contributed by atoms with E-state index in [1.165, 1.54) is 0 Å². The Kier molecular flexibility index (Phi) is 7.72. The summed E-state index contributed by atoms with van der Waals surface area (Å²) < 4.78 is 10.9. The molecular formula is C23H35N3O4.